The molecule has 0 bridgehead atoms. The van der Waals surface area contributed by atoms with Gasteiger partial charge in [0.15, 0.2) is 22.1 Å². The SMILES string of the molecule is COc1ccc(CCn2c(Sc3cc(OC)ccc3OC)nc3c(N)ncnc32)cc1. The van der Waals surface area contributed by atoms with E-state index in [2.05, 4.69) is 26.7 Å². The molecule has 0 aliphatic carbocycles. The highest BCUT2D eigenvalue weighted by Gasteiger charge is 2.18. The van der Waals surface area contributed by atoms with E-state index in [4.69, 9.17) is 24.9 Å². The Morgan fingerprint density at radius 1 is 0.935 bits per heavy atom. The second-order valence-corrected chi connectivity index (χ2v) is 7.70. The van der Waals surface area contributed by atoms with Gasteiger partial charge in [0.05, 0.1) is 26.2 Å². The van der Waals surface area contributed by atoms with Gasteiger partial charge in [0.25, 0.3) is 0 Å². The van der Waals surface area contributed by atoms with E-state index in [0.29, 0.717) is 23.5 Å². The molecule has 2 aromatic heterocycles. The zero-order chi connectivity index (χ0) is 21.8. The van der Waals surface area contributed by atoms with Crippen LogP contribution in [0.4, 0.5) is 5.82 Å². The Labute approximate surface area is 184 Å². The summed E-state index contributed by atoms with van der Waals surface area (Å²) in [5, 5.41) is 0.752. The first kappa shape index (κ1) is 20.8. The molecule has 0 atom stereocenters. The molecule has 0 amide bonds. The van der Waals surface area contributed by atoms with E-state index in [1.165, 1.54) is 23.7 Å². The number of nitrogen functional groups attached to an aromatic ring is 1. The van der Waals surface area contributed by atoms with Crippen LogP contribution < -0.4 is 19.9 Å². The largest absolute Gasteiger partial charge is 0.497 e. The number of aromatic nitrogens is 4. The van der Waals surface area contributed by atoms with Crippen LogP contribution in [0.1, 0.15) is 5.56 Å². The molecule has 4 aromatic rings. The lowest BCUT2D eigenvalue weighted by Gasteiger charge is -2.12. The molecule has 0 unspecified atom stereocenters. The highest BCUT2D eigenvalue weighted by atomic mass is 32.2. The monoisotopic (exact) mass is 437 g/mol. The summed E-state index contributed by atoms with van der Waals surface area (Å²) < 4.78 is 18.2. The molecule has 0 aliphatic rings. The minimum atomic E-state index is 0.354. The predicted octanol–water partition coefficient (Wildman–Crippen LogP) is 3.83. The minimum absolute atomic E-state index is 0.354. The molecule has 160 valence electrons. The van der Waals surface area contributed by atoms with Crippen molar-refractivity contribution in [2.45, 2.75) is 23.0 Å². The summed E-state index contributed by atoms with van der Waals surface area (Å²) in [7, 11) is 4.94. The van der Waals surface area contributed by atoms with Crippen molar-refractivity contribution in [3.05, 3.63) is 54.4 Å². The van der Waals surface area contributed by atoms with E-state index in [9.17, 15) is 0 Å². The van der Waals surface area contributed by atoms with Crippen molar-refractivity contribution >= 4 is 28.7 Å². The van der Waals surface area contributed by atoms with Crippen molar-refractivity contribution in [1.82, 2.24) is 19.5 Å². The number of anilines is 1. The van der Waals surface area contributed by atoms with E-state index in [1.807, 2.05) is 30.3 Å². The van der Waals surface area contributed by atoms with Gasteiger partial charge in [0.1, 0.15) is 23.6 Å². The van der Waals surface area contributed by atoms with Gasteiger partial charge >= 0.3 is 0 Å². The zero-order valence-corrected chi connectivity index (χ0v) is 18.3. The fourth-order valence-electron chi connectivity index (χ4n) is 3.21. The zero-order valence-electron chi connectivity index (χ0n) is 17.5. The smallest absolute Gasteiger partial charge is 0.175 e. The molecule has 2 aromatic carbocycles. The standard InChI is InChI=1S/C22H23N5O3S/c1-28-15-6-4-14(5-7-15)10-11-27-21-19(20(23)24-13-25-21)26-22(27)31-18-12-16(29-2)8-9-17(18)30-3/h4-9,12-13H,10-11H2,1-3H3,(H2,23,24,25). The third-order valence-corrected chi connectivity index (χ3v) is 5.91. The molecule has 8 nitrogen and oxygen atoms in total. The van der Waals surface area contributed by atoms with Crippen LogP contribution in [0.3, 0.4) is 0 Å². The number of hydrogen-bond donors (Lipinski definition) is 1. The van der Waals surface area contributed by atoms with E-state index < -0.39 is 0 Å². The van der Waals surface area contributed by atoms with Crippen molar-refractivity contribution < 1.29 is 14.2 Å². The summed E-state index contributed by atoms with van der Waals surface area (Å²) in [6, 6.07) is 13.7. The van der Waals surface area contributed by atoms with Gasteiger partial charge in [-0.15, -0.1) is 0 Å². The molecular weight excluding hydrogens is 414 g/mol. The molecule has 9 heteroatoms. The maximum absolute atomic E-state index is 6.08. The van der Waals surface area contributed by atoms with Crippen molar-refractivity contribution in [1.29, 1.82) is 0 Å². The molecule has 0 fully saturated rings. The molecule has 0 spiro atoms. The van der Waals surface area contributed by atoms with Gasteiger partial charge in [-0.1, -0.05) is 12.1 Å². The van der Waals surface area contributed by atoms with Crippen molar-refractivity contribution in [3.8, 4) is 17.2 Å². The molecule has 0 aliphatic heterocycles. The number of nitrogens with two attached hydrogens (primary N) is 1. The summed E-state index contributed by atoms with van der Waals surface area (Å²) in [5.41, 5.74) is 8.54. The normalized spacial score (nSPS) is 10.9. The first-order chi connectivity index (χ1) is 15.1. The lowest BCUT2D eigenvalue weighted by Crippen LogP contribution is -2.04. The maximum Gasteiger partial charge on any atom is 0.175 e. The van der Waals surface area contributed by atoms with Crippen LogP contribution in [0.25, 0.3) is 11.2 Å². The fourth-order valence-corrected chi connectivity index (χ4v) is 4.26. The third kappa shape index (κ3) is 4.36. The Bertz CT molecular complexity index is 1190. The Morgan fingerprint density at radius 2 is 1.68 bits per heavy atom. The topological polar surface area (TPSA) is 97.3 Å². The lowest BCUT2D eigenvalue weighted by molar-refractivity contribution is 0.394. The molecule has 0 saturated heterocycles. The molecule has 4 rings (SSSR count). The predicted molar refractivity (Wildman–Crippen MR) is 120 cm³/mol. The van der Waals surface area contributed by atoms with Gasteiger partial charge in [-0.2, -0.15) is 0 Å². The molecule has 2 heterocycles. The molecule has 2 N–H and O–H groups in total. The number of nitrogens with zero attached hydrogens (tertiary/aromatic N) is 4. The van der Waals surface area contributed by atoms with Crippen molar-refractivity contribution in [3.63, 3.8) is 0 Å². The van der Waals surface area contributed by atoms with Crippen LogP contribution in [0.15, 0.2) is 58.8 Å². The number of hydrogen-bond acceptors (Lipinski definition) is 8. The van der Waals surface area contributed by atoms with Crippen LogP contribution >= 0.6 is 11.8 Å². The number of imidazole rings is 1. The molecule has 31 heavy (non-hydrogen) atoms. The van der Waals surface area contributed by atoms with Gasteiger partial charge in [-0.3, -0.25) is 0 Å². The molecule has 0 radical (unpaired) electrons. The number of methoxy groups -OCH3 is 3. The van der Waals surface area contributed by atoms with Crippen LogP contribution in [-0.4, -0.2) is 40.8 Å². The van der Waals surface area contributed by atoms with E-state index in [0.717, 1.165) is 33.7 Å². The van der Waals surface area contributed by atoms with E-state index in [1.54, 1.807) is 21.3 Å². The number of fused-ring (bicyclic) bond motifs is 1. The Balaban J connectivity index is 1.70. The summed E-state index contributed by atoms with van der Waals surface area (Å²) in [4.78, 5) is 14.2. The van der Waals surface area contributed by atoms with E-state index >= 15 is 0 Å². The fraction of sp³-hybridized carbons (Fsp3) is 0.227. The maximum atomic E-state index is 6.08. The average Bonchev–Trinajstić information content (AvgIpc) is 3.16. The molecular formula is C22H23N5O3S. The Kier molecular flexibility index (Phi) is 6.13. The molecule has 0 saturated carbocycles. The Morgan fingerprint density at radius 3 is 2.39 bits per heavy atom. The lowest BCUT2D eigenvalue weighted by atomic mass is 10.1. The first-order valence-electron chi connectivity index (χ1n) is 9.62. The van der Waals surface area contributed by atoms with Crippen LogP contribution in [0, 0.1) is 0 Å². The number of rotatable bonds is 8. The second kappa shape index (κ2) is 9.13. The summed E-state index contributed by atoms with van der Waals surface area (Å²) in [6.07, 6.45) is 2.26. The van der Waals surface area contributed by atoms with Gasteiger partial charge < -0.3 is 24.5 Å². The van der Waals surface area contributed by atoms with Gasteiger partial charge in [0.2, 0.25) is 0 Å². The third-order valence-electron chi connectivity index (χ3n) is 4.88. The van der Waals surface area contributed by atoms with Gasteiger partial charge in [-0.05, 0) is 54.1 Å². The Hall–Kier alpha value is -3.46. The number of aryl methyl sites for hydroxylation is 2. The first-order valence-corrected chi connectivity index (χ1v) is 10.4. The van der Waals surface area contributed by atoms with E-state index in [-0.39, 0.29) is 0 Å². The van der Waals surface area contributed by atoms with Crippen LogP contribution in [0.2, 0.25) is 0 Å². The summed E-state index contributed by atoms with van der Waals surface area (Å²) >= 11 is 1.47. The highest BCUT2D eigenvalue weighted by molar-refractivity contribution is 7.99. The van der Waals surface area contributed by atoms with Crippen LogP contribution in [0.5, 0.6) is 17.2 Å². The van der Waals surface area contributed by atoms with Crippen molar-refractivity contribution in [2.24, 2.45) is 0 Å². The number of ether oxygens (including phenoxy) is 3. The van der Waals surface area contributed by atoms with Gasteiger partial charge in [0, 0.05) is 6.54 Å². The van der Waals surface area contributed by atoms with Crippen molar-refractivity contribution in [2.75, 3.05) is 27.1 Å². The summed E-state index contributed by atoms with van der Waals surface area (Å²) in [6.45, 7) is 0.675. The quantitative estimate of drug-likeness (QED) is 0.444. The second-order valence-electron chi connectivity index (χ2n) is 6.69. The van der Waals surface area contributed by atoms with Gasteiger partial charge in [-0.25, -0.2) is 15.0 Å². The number of benzene rings is 2. The summed E-state index contributed by atoms with van der Waals surface area (Å²) in [5.74, 6) is 2.66. The minimum Gasteiger partial charge on any atom is -0.497 e. The highest BCUT2D eigenvalue weighted by Crippen LogP contribution is 2.38. The van der Waals surface area contributed by atoms with Crippen LogP contribution in [-0.2, 0) is 13.0 Å². The average molecular weight is 438 g/mol.